The topological polar surface area (TPSA) is 23.5 Å². The molecule has 4 heteroatoms. The fraction of sp³-hybridized carbons (Fsp3) is 0.200. The number of rotatable bonds is 3. The molecule has 0 aromatic heterocycles. The van der Waals surface area contributed by atoms with E-state index in [9.17, 15) is 5.11 Å². The van der Waals surface area contributed by atoms with E-state index in [1.807, 2.05) is 12.1 Å². The summed E-state index contributed by atoms with van der Waals surface area (Å²) in [6.07, 6.45) is 0. The summed E-state index contributed by atoms with van der Waals surface area (Å²) in [4.78, 5) is 2.18. The van der Waals surface area contributed by atoms with E-state index in [4.69, 9.17) is 0 Å². The number of hydrogen-bond acceptors (Lipinski definition) is 2. The highest BCUT2D eigenvalue weighted by atomic mass is 79.9. The van der Waals surface area contributed by atoms with Gasteiger partial charge in [-0.1, -0.05) is 12.1 Å². The van der Waals surface area contributed by atoms with Crippen LogP contribution in [0.25, 0.3) is 0 Å². The third-order valence-corrected chi connectivity index (χ3v) is 4.15. The Balaban J connectivity index is 2.21. The molecule has 2 rings (SSSR count). The van der Waals surface area contributed by atoms with Gasteiger partial charge in [0.25, 0.3) is 0 Å². The SMILES string of the molecule is Cc1cccc(N(C)Cc2cc(Br)c(O)c(Br)c2)c1. The Morgan fingerprint density at radius 2 is 1.74 bits per heavy atom. The van der Waals surface area contributed by atoms with E-state index in [0.29, 0.717) is 8.95 Å². The molecule has 0 saturated carbocycles. The molecule has 0 bridgehead atoms. The molecule has 0 aliphatic rings. The van der Waals surface area contributed by atoms with E-state index in [1.165, 1.54) is 11.3 Å². The zero-order valence-corrected chi connectivity index (χ0v) is 14.0. The molecule has 0 fully saturated rings. The lowest BCUT2D eigenvalue weighted by atomic mass is 10.1. The predicted octanol–water partition coefficient (Wildman–Crippen LogP) is 4.86. The van der Waals surface area contributed by atoms with E-state index in [-0.39, 0.29) is 5.75 Å². The minimum atomic E-state index is 0.238. The summed E-state index contributed by atoms with van der Waals surface area (Å²) < 4.78 is 1.41. The monoisotopic (exact) mass is 383 g/mol. The van der Waals surface area contributed by atoms with Gasteiger partial charge in [0.1, 0.15) is 5.75 Å². The van der Waals surface area contributed by atoms with Gasteiger partial charge in [-0.3, -0.25) is 0 Å². The minimum Gasteiger partial charge on any atom is -0.506 e. The van der Waals surface area contributed by atoms with Gasteiger partial charge in [-0.25, -0.2) is 0 Å². The van der Waals surface area contributed by atoms with E-state index < -0.39 is 0 Å². The maximum atomic E-state index is 9.71. The Labute approximate surface area is 130 Å². The molecule has 0 spiro atoms. The molecule has 0 radical (unpaired) electrons. The smallest absolute Gasteiger partial charge is 0.143 e. The molecule has 0 aliphatic heterocycles. The second-order valence-corrected chi connectivity index (χ2v) is 6.31. The summed E-state index contributed by atoms with van der Waals surface area (Å²) in [7, 11) is 2.06. The Morgan fingerprint density at radius 3 is 2.32 bits per heavy atom. The van der Waals surface area contributed by atoms with Gasteiger partial charge in [-0.15, -0.1) is 0 Å². The first-order valence-corrected chi connectivity index (χ1v) is 7.50. The lowest BCUT2D eigenvalue weighted by Crippen LogP contribution is -2.16. The summed E-state index contributed by atoms with van der Waals surface area (Å²) >= 11 is 6.71. The normalized spacial score (nSPS) is 10.5. The fourth-order valence-electron chi connectivity index (χ4n) is 1.94. The zero-order valence-electron chi connectivity index (χ0n) is 10.8. The van der Waals surface area contributed by atoms with Gasteiger partial charge in [0.15, 0.2) is 0 Å². The molecule has 0 amide bonds. The van der Waals surface area contributed by atoms with Gasteiger partial charge in [-0.2, -0.15) is 0 Å². The van der Waals surface area contributed by atoms with Crippen LogP contribution < -0.4 is 4.90 Å². The number of benzene rings is 2. The number of hydrogen-bond donors (Lipinski definition) is 1. The van der Waals surface area contributed by atoms with Crippen molar-refractivity contribution in [2.24, 2.45) is 0 Å². The van der Waals surface area contributed by atoms with Crippen LogP contribution in [-0.2, 0) is 6.54 Å². The maximum Gasteiger partial charge on any atom is 0.143 e. The molecular weight excluding hydrogens is 370 g/mol. The maximum absolute atomic E-state index is 9.71. The first kappa shape index (κ1) is 14.4. The van der Waals surface area contributed by atoms with Crippen LogP contribution in [0.5, 0.6) is 5.75 Å². The highest BCUT2D eigenvalue weighted by Crippen LogP contribution is 2.33. The van der Waals surface area contributed by atoms with Crippen molar-refractivity contribution >= 4 is 37.5 Å². The fourth-order valence-corrected chi connectivity index (χ4v) is 3.22. The molecule has 2 nitrogen and oxygen atoms in total. The van der Waals surface area contributed by atoms with Crippen LogP contribution in [0.2, 0.25) is 0 Å². The highest BCUT2D eigenvalue weighted by Gasteiger charge is 2.08. The third-order valence-electron chi connectivity index (χ3n) is 2.94. The standard InChI is InChI=1S/C15H15Br2NO/c1-10-4-3-5-12(6-10)18(2)9-11-7-13(16)15(19)14(17)8-11/h3-8,19H,9H2,1-2H3. The van der Waals surface area contributed by atoms with Crippen LogP contribution in [-0.4, -0.2) is 12.2 Å². The van der Waals surface area contributed by atoms with Crippen molar-refractivity contribution in [3.05, 3.63) is 56.5 Å². The van der Waals surface area contributed by atoms with E-state index in [2.05, 4.69) is 75.0 Å². The number of nitrogens with zero attached hydrogens (tertiary/aromatic N) is 1. The van der Waals surface area contributed by atoms with Gasteiger partial charge < -0.3 is 10.0 Å². The average molecular weight is 385 g/mol. The summed E-state index contributed by atoms with van der Waals surface area (Å²) in [5.74, 6) is 0.238. The molecule has 0 aliphatic carbocycles. The van der Waals surface area contributed by atoms with Crippen LogP contribution in [0, 0.1) is 6.92 Å². The molecule has 100 valence electrons. The van der Waals surface area contributed by atoms with Crippen molar-refractivity contribution in [2.45, 2.75) is 13.5 Å². The summed E-state index contributed by atoms with van der Waals surface area (Å²) in [5, 5.41) is 9.71. The minimum absolute atomic E-state index is 0.238. The molecule has 2 aromatic carbocycles. The van der Waals surface area contributed by atoms with Crippen LogP contribution in [0.1, 0.15) is 11.1 Å². The molecule has 2 aromatic rings. The van der Waals surface area contributed by atoms with Crippen LogP contribution in [0.3, 0.4) is 0 Å². The highest BCUT2D eigenvalue weighted by molar-refractivity contribution is 9.11. The van der Waals surface area contributed by atoms with Gasteiger partial charge >= 0.3 is 0 Å². The van der Waals surface area contributed by atoms with Gasteiger partial charge in [0.05, 0.1) is 8.95 Å². The zero-order chi connectivity index (χ0) is 14.0. The number of phenolic OH excluding ortho intramolecular Hbond substituents is 1. The molecule has 0 heterocycles. The number of aryl methyl sites for hydroxylation is 1. The van der Waals surface area contributed by atoms with Crippen molar-refractivity contribution in [1.29, 1.82) is 0 Å². The first-order valence-electron chi connectivity index (χ1n) is 5.92. The molecule has 1 N–H and O–H groups in total. The van der Waals surface area contributed by atoms with E-state index in [1.54, 1.807) is 0 Å². The van der Waals surface area contributed by atoms with Crippen molar-refractivity contribution in [1.82, 2.24) is 0 Å². The first-order chi connectivity index (χ1) is 8.97. The third kappa shape index (κ3) is 3.51. The Hall–Kier alpha value is -1.00. The summed E-state index contributed by atoms with van der Waals surface area (Å²) in [5.41, 5.74) is 3.55. The van der Waals surface area contributed by atoms with Crippen molar-refractivity contribution in [3.63, 3.8) is 0 Å². The van der Waals surface area contributed by atoms with Crippen LogP contribution >= 0.6 is 31.9 Å². The Bertz CT molecular complexity index is 575. The number of anilines is 1. The molecule has 0 unspecified atom stereocenters. The number of aromatic hydroxyl groups is 1. The van der Waals surface area contributed by atoms with Crippen LogP contribution in [0.15, 0.2) is 45.3 Å². The molecular formula is C15H15Br2NO. The van der Waals surface area contributed by atoms with Crippen LogP contribution in [0.4, 0.5) is 5.69 Å². The Morgan fingerprint density at radius 1 is 1.11 bits per heavy atom. The average Bonchev–Trinajstić information content (AvgIpc) is 2.36. The largest absolute Gasteiger partial charge is 0.506 e. The molecule has 0 atom stereocenters. The van der Waals surface area contributed by atoms with Gasteiger partial charge in [0.2, 0.25) is 0 Å². The summed E-state index contributed by atoms with van der Waals surface area (Å²) in [6, 6.07) is 12.3. The van der Waals surface area contributed by atoms with Crippen molar-refractivity contribution in [3.8, 4) is 5.75 Å². The van der Waals surface area contributed by atoms with E-state index >= 15 is 0 Å². The second-order valence-electron chi connectivity index (χ2n) is 4.60. The van der Waals surface area contributed by atoms with Gasteiger partial charge in [-0.05, 0) is 74.2 Å². The lowest BCUT2D eigenvalue weighted by molar-refractivity contribution is 0.468. The number of halogens is 2. The van der Waals surface area contributed by atoms with E-state index in [0.717, 1.165) is 12.1 Å². The molecule has 19 heavy (non-hydrogen) atoms. The lowest BCUT2D eigenvalue weighted by Gasteiger charge is -2.20. The van der Waals surface area contributed by atoms with Gasteiger partial charge in [0, 0.05) is 19.3 Å². The van der Waals surface area contributed by atoms with Crippen molar-refractivity contribution in [2.75, 3.05) is 11.9 Å². The quantitative estimate of drug-likeness (QED) is 0.816. The number of phenols is 1. The summed E-state index contributed by atoms with van der Waals surface area (Å²) in [6.45, 7) is 2.87. The van der Waals surface area contributed by atoms with Crippen molar-refractivity contribution < 1.29 is 5.11 Å². The second kappa shape index (κ2) is 5.97. The predicted molar refractivity (Wildman–Crippen MR) is 86.8 cm³/mol. The molecule has 0 saturated heterocycles. The Kier molecular flexibility index (Phi) is 4.53.